The molecule has 0 atom stereocenters. The van der Waals surface area contributed by atoms with E-state index >= 15 is 0 Å². The van der Waals surface area contributed by atoms with Crippen molar-refractivity contribution in [1.29, 1.82) is 0 Å². The van der Waals surface area contributed by atoms with Gasteiger partial charge in [0.2, 0.25) is 9.84 Å². The highest BCUT2D eigenvalue weighted by Gasteiger charge is 2.23. The van der Waals surface area contributed by atoms with Gasteiger partial charge in [-0.15, -0.1) is 11.3 Å². The number of ether oxygens (including phenoxy) is 1. The highest BCUT2D eigenvalue weighted by atomic mass is 32.2. The molecule has 1 aromatic heterocycles. The Kier molecular flexibility index (Phi) is 6.26. The van der Waals surface area contributed by atoms with Crippen LogP contribution in [0, 0.1) is 0 Å². The molecule has 0 aliphatic carbocycles. The van der Waals surface area contributed by atoms with Gasteiger partial charge in [-0.3, -0.25) is 0 Å². The molecule has 0 spiro atoms. The summed E-state index contributed by atoms with van der Waals surface area (Å²) in [7, 11) is -7.43. The Hall–Kier alpha value is -1.42. The minimum atomic E-state index is -3.85. The van der Waals surface area contributed by atoms with Gasteiger partial charge in [0.1, 0.15) is 9.96 Å². The Morgan fingerprint density at radius 2 is 1.76 bits per heavy atom. The summed E-state index contributed by atoms with van der Waals surface area (Å²) in [6, 6.07) is 7.01. The molecule has 0 bridgehead atoms. The summed E-state index contributed by atoms with van der Waals surface area (Å²) in [5.74, 6) is 0.227. The Morgan fingerprint density at radius 3 is 2.32 bits per heavy atom. The molecular weight excluding hydrogens is 382 g/mol. The minimum Gasteiger partial charge on any atom is -0.494 e. The van der Waals surface area contributed by atoms with Crippen LogP contribution in [0.5, 0.6) is 5.75 Å². The topological polar surface area (TPSA) is 104 Å². The van der Waals surface area contributed by atoms with Crippen LogP contribution in [0.25, 0.3) is 0 Å². The standard InChI is InChI=1S/C16H21NO5S3/c1-3-4-7-22-12-8-14(24(2,18)19)10-15(9-12)25(20,21)16-6-5-13(11-17)23-16/h5-6,8-10H,3-4,7,11,17H2,1-2H3. The number of nitrogens with two attached hydrogens (primary N) is 1. The van der Waals surface area contributed by atoms with E-state index < -0.39 is 19.7 Å². The van der Waals surface area contributed by atoms with E-state index in [-0.39, 0.29) is 26.3 Å². The molecule has 0 radical (unpaired) electrons. The number of sulfone groups is 2. The first-order chi connectivity index (χ1) is 11.7. The molecule has 1 aromatic carbocycles. The number of benzene rings is 1. The molecule has 0 fully saturated rings. The molecule has 1 heterocycles. The molecule has 2 N–H and O–H groups in total. The van der Waals surface area contributed by atoms with E-state index in [2.05, 4.69) is 0 Å². The van der Waals surface area contributed by atoms with E-state index in [1.165, 1.54) is 24.3 Å². The van der Waals surface area contributed by atoms with Crippen LogP contribution < -0.4 is 10.5 Å². The summed E-state index contributed by atoms with van der Waals surface area (Å²) in [6.45, 7) is 2.63. The van der Waals surface area contributed by atoms with E-state index in [1.54, 1.807) is 6.07 Å². The average Bonchev–Trinajstić information content (AvgIpc) is 3.04. The molecule has 0 aliphatic heterocycles. The zero-order valence-corrected chi connectivity index (χ0v) is 16.5. The zero-order valence-electron chi connectivity index (χ0n) is 14.1. The lowest BCUT2D eigenvalue weighted by Gasteiger charge is -2.10. The van der Waals surface area contributed by atoms with Crippen LogP contribution in [0.15, 0.2) is 44.3 Å². The van der Waals surface area contributed by atoms with Gasteiger partial charge in [0.25, 0.3) is 0 Å². The fraction of sp³-hybridized carbons (Fsp3) is 0.375. The Morgan fingerprint density at radius 1 is 1.08 bits per heavy atom. The van der Waals surface area contributed by atoms with Crippen molar-refractivity contribution in [2.75, 3.05) is 12.9 Å². The van der Waals surface area contributed by atoms with Crippen molar-refractivity contribution in [3.8, 4) is 5.75 Å². The number of unbranched alkanes of at least 4 members (excludes halogenated alkanes) is 1. The Bertz CT molecular complexity index is 946. The van der Waals surface area contributed by atoms with Crippen LogP contribution in [-0.4, -0.2) is 29.7 Å². The van der Waals surface area contributed by atoms with Gasteiger partial charge >= 0.3 is 0 Å². The molecule has 0 saturated carbocycles. The summed E-state index contributed by atoms with van der Waals surface area (Å²) in [5, 5.41) is 0. The third kappa shape index (κ3) is 4.81. The van der Waals surface area contributed by atoms with E-state index in [0.29, 0.717) is 6.61 Å². The van der Waals surface area contributed by atoms with E-state index in [0.717, 1.165) is 35.3 Å². The first-order valence-electron chi connectivity index (χ1n) is 7.70. The van der Waals surface area contributed by atoms with Crippen molar-refractivity contribution in [3.63, 3.8) is 0 Å². The molecule has 9 heteroatoms. The predicted octanol–water partition coefficient (Wildman–Crippen LogP) is 2.62. The van der Waals surface area contributed by atoms with Crippen molar-refractivity contribution < 1.29 is 21.6 Å². The predicted molar refractivity (Wildman–Crippen MR) is 97.6 cm³/mol. The monoisotopic (exact) mass is 403 g/mol. The van der Waals surface area contributed by atoms with Crippen molar-refractivity contribution in [2.24, 2.45) is 5.73 Å². The third-order valence-corrected chi connectivity index (χ3v) is 7.89. The van der Waals surface area contributed by atoms with Gasteiger partial charge in [-0.1, -0.05) is 13.3 Å². The summed E-state index contributed by atoms with van der Waals surface area (Å²) in [6.07, 6.45) is 2.73. The fourth-order valence-corrected chi connectivity index (χ4v) is 5.50. The van der Waals surface area contributed by atoms with Crippen molar-refractivity contribution in [1.82, 2.24) is 0 Å². The molecule has 0 amide bonds. The van der Waals surface area contributed by atoms with Crippen LogP contribution >= 0.6 is 11.3 Å². The van der Waals surface area contributed by atoms with Crippen LogP contribution in [0.2, 0.25) is 0 Å². The normalized spacial score (nSPS) is 12.3. The molecule has 0 saturated heterocycles. The third-order valence-electron chi connectivity index (χ3n) is 3.46. The lowest BCUT2D eigenvalue weighted by molar-refractivity contribution is 0.307. The number of rotatable bonds is 8. The van der Waals surface area contributed by atoms with Gasteiger partial charge in [0.05, 0.1) is 16.4 Å². The first-order valence-corrected chi connectivity index (χ1v) is 11.9. The van der Waals surface area contributed by atoms with Gasteiger partial charge in [-0.2, -0.15) is 0 Å². The number of thiophene rings is 1. The van der Waals surface area contributed by atoms with Gasteiger partial charge < -0.3 is 10.5 Å². The molecule has 0 unspecified atom stereocenters. The maximum Gasteiger partial charge on any atom is 0.216 e. The SMILES string of the molecule is CCCCOc1cc(S(C)(=O)=O)cc(S(=O)(=O)c2ccc(CN)s2)c1. The highest BCUT2D eigenvalue weighted by molar-refractivity contribution is 7.93. The summed E-state index contributed by atoms with van der Waals surface area (Å²) < 4.78 is 55.2. The lowest BCUT2D eigenvalue weighted by atomic mass is 10.3. The van der Waals surface area contributed by atoms with Crippen molar-refractivity contribution in [3.05, 3.63) is 35.2 Å². The summed E-state index contributed by atoms with van der Waals surface area (Å²) in [5.41, 5.74) is 5.53. The van der Waals surface area contributed by atoms with Gasteiger partial charge in [0, 0.05) is 17.7 Å². The molecule has 6 nitrogen and oxygen atoms in total. The largest absolute Gasteiger partial charge is 0.494 e. The first kappa shape index (κ1) is 19.9. The fourth-order valence-electron chi connectivity index (χ4n) is 2.06. The lowest BCUT2D eigenvalue weighted by Crippen LogP contribution is -2.06. The summed E-state index contributed by atoms with van der Waals surface area (Å²) >= 11 is 1.07. The highest BCUT2D eigenvalue weighted by Crippen LogP contribution is 2.31. The van der Waals surface area contributed by atoms with Crippen molar-refractivity contribution >= 4 is 31.0 Å². The second-order valence-corrected chi connectivity index (χ2v) is 10.9. The maximum atomic E-state index is 12.8. The minimum absolute atomic E-state index is 0.0873. The Balaban J connectivity index is 2.52. The summed E-state index contributed by atoms with van der Waals surface area (Å²) in [4.78, 5) is 0.542. The smallest absolute Gasteiger partial charge is 0.216 e. The van der Waals surface area contributed by atoms with Gasteiger partial charge in [-0.05, 0) is 36.8 Å². The second kappa shape index (κ2) is 7.86. The van der Waals surface area contributed by atoms with Gasteiger partial charge in [-0.25, -0.2) is 16.8 Å². The van der Waals surface area contributed by atoms with Crippen molar-refractivity contribution in [2.45, 2.75) is 40.3 Å². The molecule has 138 valence electrons. The van der Waals surface area contributed by atoms with E-state index in [4.69, 9.17) is 10.5 Å². The molecule has 2 aromatic rings. The van der Waals surface area contributed by atoms with Crippen LogP contribution in [-0.2, 0) is 26.2 Å². The van der Waals surface area contributed by atoms with Gasteiger partial charge in [0.15, 0.2) is 9.84 Å². The maximum absolute atomic E-state index is 12.8. The Labute approximate surface area is 152 Å². The van der Waals surface area contributed by atoms with E-state index in [1.807, 2.05) is 6.92 Å². The quantitative estimate of drug-likeness (QED) is 0.680. The van der Waals surface area contributed by atoms with Crippen LogP contribution in [0.1, 0.15) is 24.6 Å². The van der Waals surface area contributed by atoms with Crippen LogP contribution in [0.3, 0.4) is 0 Å². The molecule has 25 heavy (non-hydrogen) atoms. The zero-order chi connectivity index (χ0) is 18.7. The molecule has 0 aliphatic rings. The average molecular weight is 404 g/mol. The molecular formula is C16H21NO5S3. The molecule has 2 rings (SSSR count). The second-order valence-electron chi connectivity index (χ2n) is 5.54. The number of hydrogen-bond donors (Lipinski definition) is 1. The number of hydrogen-bond acceptors (Lipinski definition) is 7. The van der Waals surface area contributed by atoms with E-state index in [9.17, 15) is 16.8 Å². The van der Waals surface area contributed by atoms with Crippen LogP contribution in [0.4, 0.5) is 0 Å².